The van der Waals surface area contributed by atoms with Crippen LogP contribution >= 0.6 is 23.2 Å². The predicted octanol–water partition coefficient (Wildman–Crippen LogP) is 1.36. The highest BCUT2D eigenvalue weighted by Gasteiger charge is 2.04. The maximum Gasteiger partial charge on any atom is 0.245 e. The molecular formula is C7H10Cl2N4O. The van der Waals surface area contributed by atoms with Crippen molar-refractivity contribution in [3.63, 3.8) is 0 Å². The van der Waals surface area contributed by atoms with Crippen molar-refractivity contribution in [3.8, 4) is 0 Å². The van der Waals surface area contributed by atoms with E-state index in [1.54, 1.807) is 0 Å². The number of rotatable bonds is 5. The molecule has 1 aromatic rings. The van der Waals surface area contributed by atoms with Gasteiger partial charge in [0.1, 0.15) is 0 Å². The van der Waals surface area contributed by atoms with Gasteiger partial charge in [0.15, 0.2) is 11.0 Å². The molecule has 0 aliphatic rings. The predicted molar refractivity (Wildman–Crippen MR) is 54.7 cm³/mol. The summed E-state index contributed by atoms with van der Waals surface area (Å²) in [6.45, 7) is 0.841. The van der Waals surface area contributed by atoms with Crippen molar-refractivity contribution in [2.75, 3.05) is 18.5 Å². The van der Waals surface area contributed by atoms with Crippen molar-refractivity contribution < 1.29 is 5.11 Å². The lowest BCUT2D eigenvalue weighted by Crippen LogP contribution is -2.06. The first-order valence-electron chi connectivity index (χ1n) is 4.14. The summed E-state index contributed by atoms with van der Waals surface area (Å²) in [5, 5.41) is 18.8. The van der Waals surface area contributed by atoms with Crippen LogP contribution in [0.4, 0.5) is 5.82 Å². The van der Waals surface area contributed by atoms with Crippen LogP contribution in [-0.2, 0) is 0 Å². The summed E-state index contributed by atoms with van der Waals surface area (Å²) in [6.07, 6.45) is 1.56. The molecule has 0 spiro atoms. The molecule has 5 nitrogen and oxygen atoms in total. The standard InChI is InChI=1S/C7H10Cl2N4O/c8-5-6(10-3-1-2-4-14)11-7(9)13-12-5/h14H,1-4H2,(H,10,11,13). The third kappa shape index (κ3) is 3.61. The number of aliphatic hydroxyl groups excluding tert-OH is 1. The number of aromatic nitrogens is 3. The SMILES string of the molecule is OCCCCNc1nc(Cl)nnc1Cl. The monoisotopic (exact) mass is 236 g/mol. The van der Waals surface area contributed by atoms with Gasteiger partial charge in [0.2, 0.25) is 5.28 Å². The second kappa shape index (κ2) is 5.95. The second-order valence-corrected chi connectivity index (χ2v) is 3.27. The van der Waals surface area contributed by atoms with Crippen LogP contribution < -0.4 is 5.32 Å². The molecule has 0 amide bonds. The first-order valence-corrected chi connectivity index (χ1v) is 4.90. The molecule has 0 aromatic carbocycles. The van der Waals surface area contributed by atoms with Crippen molar-refractivity contribution in [1.29, 1.82) is 0 Å². The number of hydrogen-bond donors (Lipinski definition) is 2. The third-order valence-corrected chi connectivity index (χ3v) is 1.91. The van der Waals surface area contributed by atoms with Crippen LogP contribution in [0.15, 0.2) is 0 Å². The number of nitrogens with zero attached hydrogens (tertiary/aromatic N) is 3. The van der Waals surface area contributed by atoms with E-state index >= 15 is 0 Å². The first kappa shape index (κ1) is 11.4. The van der Waals surface area contributed by atoms with Crippen molar-refractivity contribution in [2.45, 2.75) is 12.8 Å². The van der Waals surface area contributed by atoms with Gasteiger partial charge in [-0.3, -0.25) is 0 Å². The van der Waals surface area contributed by atoms with Crippen LogP contribution in [0.3, 0.4) is 0 Å². The van der Waals surface area contributed by atoms with Gasteiger partial charge in [-0.05, 0) is 24.4 Å². The fourth-order valence-corrected chi connectivity index (χ4v) is 1.12. The largest absolute Gasteiger partial charge is 0.396 e. The van der Waals surface area contributed by atoms with E-state index in [1.807, 2.05) is 0 Å². The average Bonchev–Trinajstić information content (AvgIpc) is 2.18. The number of halogens is 2. The first-order chi connectivity index (χ1) is 6.74. The molecule has 0 bridgehead atoms. The molecule has 0 fully saturated rings. The van der Waals surface area contributed by atoms with Gasteiger partial charge in [-0.1, -0.05) is 11.6 Å². The Hall–Kier alpha value is -0.650. The topological polar surface area (TPSA) is 70.9 Å². The molecule has 1 rings (SSSR count). The van der Waals surface area contributed by atoms with Crippen molar-refractivity contribution in [3.05, 3.63) is 10.4 Å². The Morgan fingerprint density at radius 2 is 2.00 bits per heavy atom. The van der Waals surface area contributed by atoms with Crippen LogP contribution in [0.2, 0.25) is 10.4 Å². The second-order valence-electron chi connectivity index (χ2n) is 2.58. The maximum absolute atomic E-state index is 8.55. The van der Waals surface area contributed by atoms with Gasteiger partial charge in [0, 0.05) is 13.2 Å². The van der Waals surface area contributed by atoms with Crippen LogP contribution in [0.25, 0.3) is 0 Å². The molecule has 0 aliphatic heterocycles. The lowest BCUT2D eigenvalue weighted by molar-refractivity contribution is 0.286. The van der Waals surface area contributed by atoms with Crippen molar-refractivity contribution in [1.82, 2.24) is 15.2 Å². The van der Waals surface area contributed by atoms with Crippen LogP contribution in [0, 0.1) is 0 Å². The minimum Gasteiger partial charge on any atom is -0.396 e. The molecule has 0 unspecified atom stereocenters. The zero-order valence-corrected chi connectivity index (χ0v) is 8.89. The smallest absolute Gasteiger partial charge is 0.245 e. The van der Waals surface area contributed by atoms with E-state index in [0.29, 0.717) is 12.4 Å². The highest BCUT2D eigenvalue weighted by molar-refractivity contribution is 6.32. The fraction of sp³-hybridized carbons (Fsp3) is 0.571. The summed E-state index contributed by atoms with van der Waals surface area (Å²) in [7, 11) is 0. The molecule has 0 radical (unpaired) electrons. The molecule has 1 aromatic heterocycles. The Bertz CT molecular complexity index is 297. The summed E-state index contributed by atoms with van der Waals surface area (Å²) in [5.74, 6) is 0.421. The van der Waals surface area contributed by atoms with Crippen molar-refractivity contribution >= 4 is 29.0 Å². The van der Waals surface area contributed by atoms with E-state index in [9.17, 15) is 0 Å². The molecule has 0 saturated heterocycles. The number of aliphatic hydroxyl groups is 1. The number of anilines is 1. The number of nitrogens with one attached hydrogen (secondary N) is 1. The highest BCUT2D eigenvalue weighted by Crippen LogP contribution is 2.16. The van der Waals surface area contributed by atoms with Gasteiger partial charge in [0.25, 0.3) is 0 Å². The van der Waals surface area contributed by atoms with Crippen LogP contribution in [0.1, 0.15) is 12.8 Å². The van der Waals surface area contributed by atoms with E-state index in [4.69, 9.17) is 28.3 Å². The minimum atomic E-state index is 0.0547. The summed E-state index contributed by atoms with van der Waals surface area (Å²) in [6, 6.07) is 0. The minimum absolute atomic E-state index is 0.0547. The van der Waals surface area contributed by atoms with Crippen molar-refractivity contribution in [2.24, 2.45) is 0 Å². The Labute approximate surface area is 91.5 Å². The highest BCUT2D eigenvalue weighted by atomic mass is 35.5. The molecular weight excluding hydrogens is 227 g/mol. The molecule has 0 aliphatic carbocycles. The average molecular weight is 237 g/mol. The maximum atomic E-state index is 8.55. The van der Waals surface area contributed by atoms with Gasteiger partial charge < -0.3 is 10.4 Å². The quantitative estimate of drug-likeness (QED) is 0.756. The van der Waals surface area contributed by atoms with Crippen LogP contribution in [0.5, 0.6) is 0 Å². The van der Waals surface area contributed by atoms with E-state index in [-0.39, 0.29) is 17.0 Å². The molecule has 78 valence electrons. The van der Waals surface area contributed by atoms with E-state index < -0.39 is 0 Å². The lowest BCUT2D eigenvalue weighted by atomic mass is 10.3. The fourth-order valence-electron chi connectivity index (χ4n) is 0.849. The van der Waals surface area contributed by atoms with Crippen LogP contribution in [-0.4, -0.2) is 33.4 Å². The summed E-state index contributed by atoms with van der Waals surface area (Å²) < 4.78 is 0. The van der Waals surface area contributed by atoms with E-state index in [0.717, 1.165) is 12.8 Å². The normalized spacial score (nSPS) is 10.2. The zero-order chi connectivity index (χ0) is 10.4. The number of unbranched alkanes of at least 4 members (excludes halogenated alkanes) is 1. The van der Waals surface area contributed by atoms with Gasteiger partial charge in [0.05, 0.1) is 0 Å². The van der Waals surface area contributed by atoms with Gasteiger partial charge in [-0.15, -0.1) is 10.2 Å². The van der Waals surface area contributed by atoms with Gasteiger partial charge >= 0.3 is 0 Å². The Kier molecular flexibility index (Phi) is 4.86. The molecule has 14 heavy (non-hydrogen) atoms. The van der Waals surface area contributed by atoms with Gasteiger partial charge in [-0.25, -0.2) is 0 Å². The molecule has 0 saturated carbocycles. The number of hydrogen-bond acceptors (Lipinski definition) is 5. The zero-order valence-electron chi connectivity index (χ0n) is 7.37. The van der Waals surface area contributed by atoms with Gasteiger partial charge in [-0.2, -0.15) is 4.98 Å². The third-order valence-electron chi connectivity index (χ3n) is 1.50. The van der Waals surface area contributed by atoms with E-state index in [2.05, 4.69) is 20.5 Å². The Balaban J connectivity index is 2.45. The molecule has 7 heteroatoms. The summed E-state index contributed by atoms with van der Waals surface area (Å²) in [5.41, 5.74) is 0. The Morgan fingerprint density at radius 1 is 1.21 bits per heavy atom. The molecule has 2 N–H and O–H groups in total. The molecule has 0 atom stereocenters. The summed E-state index contributed by atoms with van der Waals surface area (Å²) >= 11 is 11.2. The lowest BCUT2D eigenvalue weighted by Gasteiger charge is -2.04. The Morgan fingerprint density at radius 3 is 2.71 bits per heavy atom. The molecule has 1 heterocycles. The summed E-state index contributed by atoms with van der Waals surface area (Å²) in [4.78, 5) is 3.86. The van der Waals surface area contributed by atoms with E-state index in [1.165, 1.54) is 0 Å².